The molecule has 3 aromatic rings. The number of hydrogen-bond acceptors (Lipinski definition) is 4. The van der Waals surface area contributed by atoms with Gasteiger partial charge in [0.15, 0.2) is 0 Å². The van der Waals surface area contributed by atoms with Crippen LogP contribution in [0.1, 0.15) is 32.6 Å². The Morgan fingerprint density at radius 2 is 1.20 bits per heavy atom. The minimum absolute atomic E-state index is 0.247. The molecule has 35 heavy (non-hydrogen) atoms. The number of nitrogens with zero attached hydrogens (tertiary/aromatic N) is 1. The molecule has 0 spiro atoms. The van der Waals surface area contributed by atoms with Gasteiger partial charge in [-0.2, -0.15) is 0 Å². The van der Waals surface area contributed by atoms with Crippen LogP contribution >= 0.6 is 31.9 Å². The van der Waals surface area contributed by atoms with E-state index in [1.807, 2.05) is 0 Å². The highest BCUT2D eigenvalue weighted by Gasteiger charge is 2.33. The van der Waals surface area contributed by atoms with E-state index >= 15 is 0 Å². The van der Waals surface area contributed by atoms with Crippen LogP contribution in [0.4, 0.5) is 17.1 Å². The predicted octanol–water partition coefficient (Wildman–Crippen LogP) is 8.67. The normalized spacial score (nSPS) is 14.4. The highest BCUT2D eigenvalue weighted by atomic mass is 79.9. The molecule has 0 unspecified atom stereocenters. The SMILES string of the molecule is CC1(COCCCCCCOc2ccc(N(c3ccc(Br)cc3)c3ccc(Br)cc3)cc2)COC1. The Kier molecular flexibility index (Phi) is 9.67. The topological polar surface area (TPSA) is 30.9 Å². The number of halogens is 2. The van der Waals surface area contributed by atoms with Gasteiger partial charge in [0.1, 0.15) is 5.75 Å². The zero-order chi connectivity index (χ0) is 24.5. The summed E-state index contributed by atoms with van der Waals surface area (Å²) >= 11 is 7.07. The van der Waals surface area contributed by atoms with Crippen LogP contribution in [0.2, 0.25) is 0 Å². The third-order valence-electron chi connectivity index (χ3n) is 6.07. The molecule has 1 aliphatic heterocycles. The molecule has 4 rings (SSSR count). The van der Waals surface area contributed by atoms with Crippen molar-refractivity contribution in [3.63, 3.8) is 0 Å². The average molecular weight is 603 g/mol. The highest BCUT2D eigenvalue weighted by molar-refractivity contribution is 9.10. The summed E-state index contributed by atoms with van der Waals surface area (Å²) in [6.45, 7) is 6.27. The van der Waals surface area contributed by atoms with E-state index < -0.39 is 0 Å². The standard InChI is InChI=1S/C29H33Br2NO3/c1-29(21-34-22-29)20-33-18-4-2-3-5-19-35-28-16-14-27(15-17-28)32(25-10-6-23(30)7-11-25)26-12-8-24(31)9-13-26/h6-17H,2-5,18-22H2,1H3. The molecule has 0 atom stereocenters. The lowest BCUT2D eigenvalue weighted by Gasteiger charge is -2.37. The van der Waals surface area contributed by atoms with Crippen LogP contribution in [-0.2, 0) is 9.47 Å². The molecule has 0 radical (unpaired) electrons. The molecule has 0 aliphatic carbocycles. The second kappa shape index (κ2) is 12.9. The summed E-state index contributed by atoms with van der Waals surface area (Å²) in [4.78, 5) is 2.24. The number of hydrogen-bond donors (Lipinski definition) is 0. The third kappa shape index (κ3) is 7.81. The van der Waals surface area contributed by atoms with Crippen molar-refractivity contribution in [1.82, 2.24) is 0 Å². The molecule has 3 aromatic carbocycles. The summed E-state index contributed by atoms with van der Waals surface area (Å²) in [5.41, 5.74) is 3.53. The molecule has 186 valence electrons. The zero-order valence-electron chi connectivity index (χ0n) is 20.2. The van der Waals surface area contributed by atoms with Crippen molar-refractivity contribution >= 4 is 48.9 Å². The van der Waals surface area contributed by atoms with Gasteiger partial charge in [0, 0.05) is 38.0 Å². The van der Waals surface area contributed by atoms with Crippen LogP contribution in [0.3, 0.4) is 0 Å². The number of benzene rings is 3. The summed E-state index contributed by atoms with van der Waals surface area (Å²) < 4.78 is 19.2. The van der Waals surface area contributed by atoms with Crippen molar-refractivity contribution in [1.29, 1.82) is 0 Å². The molecule has 1 fully saturated rings. The number of anilines is 3. The summed E-state index contributed by atoms with van der Waals surface area (Å²) in [7, 11) is 0. The lowest BCUT2D eigenvalue weighted by Crippen LogP contribution is -2.43. The Bertz CT molecular complexity index is 990. The fourth-order valence-electron chi connectivity index (χ4n) is 4.02. The summed E-state index contributed by atoms with van der Waals surface area (Å²) in [5, 5.41) is 0. The molecular weight excluding hydrogens is 570 g/mol. The quantitative estimate of drug-likeness (QED) is 0.183. The van der Waals surface area contributed by atoms with Gasteiger partial charge in [-0.3, -0.25) is 0 Å². The van der Waals surface area contributed by atoms with Gasteiger partial charge in [-0.15, -0.1) is 0 Å². The Balaban J connectivity index is 1.24. The zero-order valence-corrected chi connectivity index (χ0v) is 23.4. The van der Waals surface area contributed by atoms with Crippen LogP contribution in [0.15, 0.2) is 81.7 Å². The second-order valence-electron chi connectivity index (χ2n) is 9.40. The summed E-state index contributed by atoms with van der Waals surface area (Å²) in [6, 6.07) is 25.1. The van der Waals surface area contributed by atoms with Crippen LogP contribution < -0.4 is 9.64 Å². The van der Waals surface area contributed by atoms with Crippen LogP contribution in [-0.4, -0.2) is 33.0 Å². The van der Waals surface area contributed by atoms with E-state index in [1.54, 1.807) is 0 Å². The molecule has 0 bridgehead atoms. The number of ether oxygens (including phenoxy) is 3. The number of rotatable bonds is 13. The maximum absolute atomic E-state index is 6.00. The molecule has 0 N–H and O–H groups in total. The van der Waals surface area contributed by atoms with Crippen LogP contribution in [0.25, 0.3) is 0 Å². The van der Waals surface area contributed by atoms with Crippen molar-refractivity contribution in [3.05, 3.63) is 81.7 Å². The molecule has 1 heterocycles. The van der Waals surface area contributed by atoms with Gasteiger partial charge in [0.25, 0.3) is 0 Å². The first kappa shape index (κ1) is 26.2. The van der Waals surface area contributed by atoms with Crippen molar-refractivity contribution in [2.45, 2.75) is 32.6 Å². The Hall–Kier alpha value is -1.86. The van der Waals surface area contributed by atoms with E-state index in [0.717, 1.165) is 84.1 Å². The van der Waals surface area contributed by atoms with Crippen molar-refractivity contribution < 1.29 is 14.2 Å². The fourth-order valence-corrected chi connectivity index (χ4v) is 4.55. The van der Waals surface area contributed by atoms with E-state index in [9.17, 15) is 0 Å². The fraction of sp³-hybridized carbons (Fsp3) is 0.379. The minimum Gasteiger partial charge on any atom is -0.494 e. The van der Waals surface area contributed by atoms with E-state index in [0.29, 0.717) is 0 Å². The van der Waals surface area contributed by atoms with E-state index in [4.69, 9.17) is 14.2 Å². The van der Waals surface area contributed by atoms with Crippen molar-refractivity contribution in [2.75, 3.05) is 37.9 Å². The first-order valence-electron chi connectivity index (χ1n) is 12.2. The van der Waals surface area contributed by atoms with Crippen molar-refractivity contribution in [3.8, 4) is 5.75 Å². The van der Waals surface area contributed by atoms with Gasteiger partial charge >= 0.3 is 0 Å². The summed E-state index contributed by atoms with van der Waals surface area (Å²) in [5.74, 6) is 0.902. The molecule has 0 amide bonds. The molecule has 4 nitrogen and oxygen atoms in total. The predicted molar refractivity (Wildman–Crippen MR) is 150 cm³/mol. The van der Waals surface area contributed by atoms with Gasteiger partial charge in [0.2, 0.25) is 0 Å². The Morgan fingerprint density at radius 3 is 1.69 bits per heavy atom. The molecule has 1 saturated heterocycles. The first-order chi connectivity index (χ1) is 17.0. The molecule has 1 aliphatic rings. The molecular formula is C29H33Br2NO3. The maximum atomic E-state index is 6.00. The smallest absolute Gasteiger partial charge is 0.119 e. The lowest BCUT2D eigenvalue weighted by atomic mass is 9.90. The van der Waals surface area contributed by atoms with E-state index in [1.165, 1.54) is 6.42 Å². The van der Waals surface area contributed by atoms with Gasteiger partial charge < -0.3 is 19.1 Å². The maximum Gasteiger partial charge on any atom is 0.119 e. The van der Waals surface area contributed by atoms with Crippen LogP contribution in [0.5, 0.6) is 5.75 Å². The minimum atomic E-state index is 0.247. The van der Waals surface area contributed by atoms with Gasteiger partial charge in [-0.25, -0.2) is 0 Å². The Labute approximate surface area is 225 Å². The molecule has 0 saturated carbocycles. The lowest BCUT2D eigenvalue weighted by molar-refractivity contribution is -0.137. The summed E-state index contributed by atoms with van der Waals surface area (Å²) in [6.07, 6.45) is 4.48. The average Bonchev–Trinajstić information content (AvgIpc) is 2.85. The molecule has 6 heteroatoms. The Morgan fingerprint density at radius 1 is 0.714 bits per heavy atom. The molecule has 0 aromatic heterocycles. The highest BCUT2D eigenvalue weighted by Crippen LogP contribution is 2.36. The number of unbranched alkanes of at least 4 members (excludes halogenated alkanes) is 3. The van der Waals surface area contributed by atoms with Gasteiger partial charge in [-0.1, -0.05) is 45.2 Å². The van der Waals surface area contributed by atoms with Crippen LogP contribution in [0, 0.1) is 5.41 Å². The van der Waals surface area contributed by atoms with E-state index in [-0.39, 0.29) is 5.41 Å². The second-order valence-corrected chi connectivity index (χ2v) is 11.2. The van der Waals surface area contributed by atoms with Crippen molar-refractivity contribution in [2.24, 2.45) is 5.41 Å². The monoisotopic (exact) mass is 601 g/mol. The van der Waals surface area contributed by atoms with E-state index in [2.05, 4.69) is 116 Å². The first-order valence-corrected chi connectivity index (χ1v) is 13.8. The third-order valence-corrected chi connectivity index (χ3v) is 7.13. The largest absolute Gasteiger partial charge is 0.494 e. The van der Waals surface area contributed by atoms with Gasteiger partial charge in [0.05, 0.1) is 26.4 Å². The van der Waals surface area contributed by atoms with Gasteiger partial charge in [-0.05, 0) is 92.1 Å².